The number of Topliss-reactive ketones (excluding diaryl/α,β-unsaturated/α-hetero) is 1. The Kier molecular flexibility index (Phi) is 6.66. The molecule has 178 valence electrons. The van der Waals surface area contributed by atoms with E-state index in [2.05, 4.69) is 4.98 Å². The number of fused-ring (bicyclic) bond motifs is 2. The first-order valence-electron chi connectivity index (χ1n) is 10.6. The maximum atomic E-state index is 12.9. The molecule has 7 N–H and O–H groups in total. The quantitative estimate of drug-likeness (QED) is 0.164. The maximum Gasteiger partial charge on any atom is 0.252 e. The van der Waals surface area contributed by atoms with E-state index in [1.165, 1.54) is 6.20 Å². The summed E-state index contributed by atoms with van der Waals surface area (Å²) >= 11 is 6.04. The van der Waals surface area contributed by atoms with Gasteiger partial charge in [0, 0.05) is 39.8 Å². The van der Waals surface area contributed by atoms with Gasteiger partial charge >= 0.3 is 0 Å². The number of halogens is 1. The molecule has 0 radical (unpaired) electrons. The van der Waals surface area contributed by atoms with Crippen LogP contribution >= 0.6 is 11.6 Å². The minimum atomic E-state index is -0.667. The summed E-state index contributed by atoms with van der Waals surface area (Å²) in [6.45, 7) is 1.51. The van der Waals surface area contributed by atoms with Crippen LogP contribution in [-0.4, -0.2) is 23.3 Å². The van der Waals surface area contributed by atoms with Gasteiger partial charge < -0.3 is 31.7 Å². The van der Waals surface area contributed by atoms with Crippen LogP contribution in [0.2, 0.25) is 5.02 Å². The van der Waals surface area contributed by atoms with Gasteiger partial charge in [0.2, 0.25) is 5.78 Å². The molecule has 8 nitrogen and oxygen atoms in total. The average Bonchev–Trinajstić information content (AvgIpc) is 3.25. The molecule has 0 fully saturated rings. The fourth-order valence-electron chi connectivity index (χ4n) is 3.62. The monoisotopic (exact) mass is 490 g/mol. The summed E-state index contributed by atoms with van der Waals surface area (Å²) in [5.74, 6) is -0.0439. The zero-order valence-corrected chi connectivity index (χ0v) is 19.6. The highest BCUT2D eigenvalue weighted by molar-refractivity contribution is 6.31. The van der Waals surface area contributed by atoms with Crippen LogP contribution in [0.1, 0.15) is 27.6 Å². The van der Waals surface area contributed by atoms with Crippen LogP contribution in [0.3, 0.4) is 0 Å². The summed E-state index contributed by atoms with van der Waals surface area (Å²) in [5.41, 5.74) is 18.9. The molecule has 0 aliphatic rings. The van der Waals surface area contributed by atoms with Crippen LogP contribution < -0.4 is 26.7 Å². The Morgan fingerprint density at radius 1 is 1.03 bits per heavy atom. The van der Waals surface area contributed by atoms with Crippen molar-refractivity contribution in [1.29, 1.82) is 0 Å². The number of H-pyrrole nitrogens is 1. The molecular formula is C26H23ClN4O4. The molecule has 35 heavy (non-hydrogen) atoms. The lowest BCUT2D eigenvalue weighted by molar-refractivity contribution is 0.0914. The standard InChI is InChI=1S/C26H23ClN4O4/c1-14(11-28)6-25(29)35-18-4-5-19-21(12-31-22(19)10-18)23(32)13-34-24-9-15-2-3-17(27)7-16(15)8-20(24)26(30)33/h2-12,31H,13,28-29H2,1H3,(H2,30,33)/b14-11-,25-6+. The molecule has 0 unspecified atom stereocenters. The van der Waals surface area contributed by atoms with Gasteiger partial charge in [0.25, 0.3) is 5.91 Å². The van der Waals surface area contributed by atoms with E-state index >= 15 is 0 Å². The van der Waals surface area contributed by atoms with Gasteiger partial charge in [-0.2, -0.15) is 0 Å². The van der Waals surface area contributed by atoms with E-state index in [4.69, 9.17) is 38.3 Å². The maximum absolute atomic E-state index is 12.9. The van der Waals surface area contributed by atoms with Crippen LogP contribution in [0.25, 0.3) is 21.7 Å². The van der Waals surface area contributed by atoms with Crippen molar-refractivity contribution in [1.82, 2.24) is 4.98 Å². The predicted octanol–water partition coefficient (Wildman–Crippen LogP) is 4.38. The molecule has 9 heteroatoms. The van der Waals surface area contributed by atoms with Gasteiger partial charge in [0.15, 0.2) is 12.5 Å². The Labute approximate surface area is 205 Å². The number of carbonyl (C=O) groups is 2. The summed E-state index contributed by atoms with van der Waals surface area (Å²) in [4.78, 5) is 28.0. The van der Waals surface area contributed by atoms with Gasteiger partial charge in [-0.05, 0) is 65.9 Å². The smallest absolute Gasteiger partial charge is 0.252 e. The second-order valence-electron chi connectivity index (χ2n) is 7.89. The number of benzene rings is 3. The third-order valence-corrected chi connectivity index (χ3v) is 5.58. The number of aromatic amines is 1. The van der Waals surface area contributed by atoms with E-state index < -0.39 is 5.91 Å². The molecular weight excluding hydrogens is 468 g/mol. The first-order chi connectivity index (χ1) is 16.7. The molecule has 1 amide bonds. The Balaban J connectivity index is 1.54. The number of amides is 1. The second-order valence-corrected chi connectivity index (χ2v) is 8.32. The van der Waals surface area contributed by atoms with Crippen molar-refractivity contribution >= 4 is 45.0 Å². The molecule has 0 saturated heterocycles. The highest BCUT2D eigenvalue weighted by atomic mass is 35.5. The van der Waals surface area contributed by atoms with E-state index in [0.717, 1.165) is 16.3 Å². The van der Waals surface area contributed by atoms with Gasteiger partial charge in [-0.25, -0.2) is 0 Å². The minimum absolute atomic E-state index is 0.165. The minimum Gasteiger partial charge on any atom is -0.485 e. The lowest BCUT2D eigenvalue weighted by Crippen LogP contribution is -2.16. The van der Waals surface area contributed by atoms with E-state index in [0.29, 0.717) is 27.2 Å². The summed E-state index contributed by atoms with van der Waals surface area (Å²) in [7, 11) is 0. The van der Waals surface area contributed by atoms with Crippen molar-refractivity contribution in [2.24, 2.45) is 17.2 Å². The SMILES string of the molecule is CC(=C/N)/C=C(\N)Oc1ccc2c(C(=O)COc3cc4ccc(Cl)cc4cc3C(N)=O)c[nH]c2c1. The lowest BCUT2D eigenvalue weighted by Gasteiger charge is -2.11. The van der Waals surface area contributed by atoms with Gasteiger partial charge in [-0.3, -0.25) is 9.59 Å². The van der Waals surface area contributed by atoms with Crippen molar-refractivity contribution in [3.63, 3.8) is 0 Å². The van der Waals surface area contributed by atoms with Crippen molar-refractivity contribution in [3.05, 3.63) is 94.6 Å². The van der Waals surface area contributed by atoms with Crippen molar-refractivity contribution < 1.29 is 19.1 Å². The zero-order chi connectivity index (χ0) is 25.1. The van der Waals surface area contributed by atoms with Gasteiger partial charge in [-0.1, -0.05) is 17.7 Å². The van der Waals surface area contributed by atoms with Gasteiger partial charge in [-0.15, -0.1) is 0 Å². The Bertz CT molecular complexity index is 1520. The first kappa shape index (κ1) is 23.7. The van der Waals surface area contributed by atoms with Gasteiger partial charge in [0.05, 0.1) is 5.56 Å². The molecule has 0 atom stereocenters. The number of aromatic nitrogens is 1. The lowest BCUT2D eigenvalue weighted by atomic mass is 10.1. The van der Waals surface area contributed by atoms with Crippen molar-refractivity contribution in [2.75, 3.05) is 6.61 Å². The number of allylic oxidation sites excluding steroid dienone is 2. The number of nitrogens with one attached hydrogen (secondary N) is 1. The third kappa shape index (κ3) is 5.23. The molecule has 0 aliphatic carbocycles. The van der Waals surface area contributed by atoms with E-state index in [1.54, 1.807) is 67.7 Å². The number of ketones is 1. The molecule has 4 aromatic rings. The Morgan fingerprint density at radius 2 is 1.83 bits per heavy atom. The molecule has 3 aromatic carbocycles. The highest BCUT2D eigenvalue weighted by Gasteiger charge is 2.17. The fourth-order valence-corrected chi connectivity index (χ4v) is 3.80. The summed E-state index contributed by atoms with van der Waals surface area (Å²) < 4.78 is 11.3. The average molecular weight is 491 g/mol. The van der Waals surface area contributed by atoms with Gasteiger partial charge in [0.1, 0.15) is 11.5 Å². The molecule has 0 bridgehead atoms. The summed E-state index contributed by atoms with van der Waals surface area (Å²) in [6.07, 6.45) is 4.62. The van der Waals surface area contributed by atoms with Crippen LogP contribution in [0, 0.1) is 0 Å². The number of primary amides is 1. The fraction of sp³-hybridized carbons (Fsp3) is 0.0769. The van der Waals surface area contributed by atoms with Crippen molar-refractivity contribution in [2.45, 2.75) is 6.92 Å². The number of hydrogen-bond donors (Lipinski definition) is 4. The Hall–Kier alpha value is -4.43. The molecule has 1 aromatic heterocycles. The number of nitrogens with two attached hydrogens (primary N) is 3. The molecule has 0 spiro atoms. The number of ether oxygens (including phenoxy) is 2. The zero-order valence-electron chi connectivity index (χ0n) is 18.8. The highest BCUT2D eigenvalue weighted by Crippen LogP contribution is 2.29. The van der Waals surface area contributed by atoms with Crippen molar-refractivity contribution in [3.8, 4) is 11.5 Å². The molecule has 1 heterocycles. The van der Waals surface area contributed by atoms with E-state index in [-0.39, 0.29) is 29.6 Å². The predicted molar refractivity (Wildman–Crippen MR) is 136 cm³/mol. The normalized spacial score (nSPS) is 12.2. The molecule has 0 aliphatic heterocycles. The summed E-state index contributed by atoms with van der Waals surface area (Å²) in [6, 6.07) is 13.7. The van der Waals surface area contributed by atoms with Crippen LogP contribution in [0.4, 0.5) is 0 Å². The topological polar surface area (TPSA) is 146 Å². The number of rotatable bonds is 8. The van der Waals surface area contributed by atoms with Crippen LogP contribution in [-0.2, 0) is 0 Å². The Morgan fingerprint density at radius 3 is 2.57 bits per heavy atom. The second kappa shape index (κ2) is 9.82. The number of hydrogen-bond acceptors (Lipinski definition) is 6. The van der Waals surface area contributed by atoms with Crippen LogP contribution in [0.15, 0.2) is 78.5 Å². The molecule has 0 saturated carbocycles. The third-order valence-electron chi connectivity index (χ3n) is 5.35. The largest absolute Gasteiger partial charge is 0.485 e. The summed E-state index contributed by atoms with van der Waals surface area (Å²) in [5, 5.41) is 2.76. The first-order valence-corrected chi connectivity index (χ1v) is 11.0. The van der Waals surface area contributed by atoms with E-state index in [1.807, 2.05) is 0 Å². The molecule has 4 rings (SSSR count). The van der Waals surface area contributed by atoms with E-state index in [9.17, 15) is 9.59 Å². The van der Waals surface area contributed by atoms with Crippen LogP contribution in [0.5, 0.6) is 11.5 Å². The number of carbonyl (C=O) groups excluding carboxylic acids is 2.